The zero-order valence-corrected chi connectivity index (χ0v) is 17.4. The number of phenols is 1. The lowest BCUT2D eigenvalue weighted by atomic mass is 9.66. The molecule has 0 amide bonds. The Balaban J connectivity index is 1.94. The van der Waals surface area contributed by atoms with Crippen LogP contribution in [-0.2, 0) is 5.41 Å². The minimum absolute atomic E-state index is 0.0608. The molecule has 0 saturated carbocycles. The van der Waals surface area contributed by atoms with E-state index in [0.717, 1.165) is 49.0 Å². The van der Waals surface area contributed by atoms with Gasteiger partial charge in [-0.2, -0.15) is 5.26 Å². The van der Waals surface area contributed by atoms with E-state index in [2.05, 4.69) is 52.8 Å². The summed E-state index contributed by atoms with van der Waals surface area (Å²) in [5.41, 5.74) is 3.22. The molecule has 2 aliphatic rings. The predicted octanol–water partition coefficient (Wildman–Crippen LogP) is 6.36. The molecular formula is C24H33NO2. The monoisotopic (exact) mass is 367 g/mol. The molecule has 0 aromatic heterocycles. The molecule has 1 aromatic carbocycles. The lowest BCUT2D eigenvalue weighted by Crippen LogP contribution is -2.45. The van der Waals surface area contributed by atoms with Gasteiger partial charge in [-0.1, -0.05) is 31.9 Å². The average Bonchev–Trinajstić information content (AvgIpc) is 2.57. The summed E-state index contributed by atoms with van der Waals surface area (Å²) in [6.07, 6.45) is 7.87. The Morgan fingerprint density at radius 2 is 2.04 bits per heavy atom. The fraction of sp³-hybridized carbons (Fsp3) is 0.625. The standard InChI is InChI=1S/C24H33NO2/c1-16-9-10-19-18(13-16)22-20(26)14-17(15-21(22)27-24(19,4)5)23(2,3)11-7-6-8-12-25/h9,14-15,18-19,26H,6-8,10-11,13H2,1-5H3. The van der Waals surface area contributed by atoms with E-state index >= 15 is 0 Å². The summed E-state index contributed by atoms with van der Waals surface area (Å²) in [6, 6.07) is 6.33. The first-order valence-corrected chi connectivity index (χ1v) is 10.2. The molecule has 1 aliphatic carbocycles. The Morgan fingerprint density at radius 1 is 1.30 bits per heavy atom. The number of rotatable bonds is 5. The topological polar surface area (TPSA) is 53.2 Å². The minimum Gasteiger partial charge on any atom is -0.508 e. The van der Waals surface area contributed by atoms with Crippen LogP contribution in [0.25, 0.3) is 0 Å². The molecule has 1 heterocycles. The second-order valence-corrected chi connectivity index (χ2v) is 9.57. The number of allylic oxidation sites excluding steroid dienone is 2. The quantitative estimate of drug-likeness (QED) is 0.486. The molecule has 3 nitrogen and oxygen atoms in total. The molecule has 0 bridgehead atoms. The van der Waals surface area contributed by atoms with Crippen molar-refractivity contribution >= 4 is 0 Å². The zero-order chi connectivity index (χ0) is 19.8. The van der Waals surface area contributed by atoms with Crippen molar-refractivity contribution in [3.63, 3.8) is 0 Å². The Labute approximate surface area is 164 Å². The normalized spacial score (nSPS) is 23.5. The minimum atomic E-state index is -0.239. The largest absolute Gasteiger partial charge is 0.508 e. The highest BCUT2D eigenvalue weighted by Crippen LogP contribution is 2.54. The van der Waals surface area contributed by atoms with E-state index < -0.39 is 0 Å². The van der Waals surface area contributed by atoms with Gasteiger partial charge >= 0.3 is 0 Å². The molecule has 0 spiro atoms. The number of aromatic hydroxyl groups is 1. The van der Waals surface area contributed by atoms with Crippen LogP contribution in [0, 0.1) is 17.2 Å². The number of nitriles is 1. The van der Waals surface area contributed by atoms with Crippen molar-refractivity contribution in [3.05, 3.63) is 34.9 Å². The van der Waals surface area contributed by atoms with E-state index in [4.69, 9.17) is 10.00 Å². The van der Waals surface area contributed by atoms with Crippen molar-refractivity contribution in [1.29, 1.82) is 5.26 Å². The number of hydrogen-bond acceptors (Lipinski definition) is 3. The maximum atomic E-state index is 11.0. The third-order valence-corrected chi connectivity index (χ3v) is 6.63. The van der Waals surface area contributed by atoms with Crippen molar-refractivity contribution in [1.82, 2.24) is 0 Å². The van der Waals surface area contributed by atoms with Crippen LogP contribution >= 0.6 is 0 Å². The molecule has 0 radical (unpaired) electrons. The van der Waals surface area contributed by atoms with Gasteiger partial charge in [0.2, 0.25) is 0 Å². The summed E-state index contributed by atoms with van der Waals surface area (Å²) in [6.45, 7) is 11.0. The molecule has 3 heteroatoms. The highest BCUT2D eigenvalue weighted by atomic mass is 16.5. The second-order valence-electron chi connectivity index (χ2n) is 9.57. The van der Waals surface area contributed by atoms with Crippen LogP contribution in [0.3, 0.4) is 0 Å². The van der Waals surface area contributed by atoms with Gasteiger partial charge in [0.25, 0.3) is 0 Å². The molecule has 2 atom stereocenters. The maximum Gasteiger partial charge on any atom is 0.127 e. The van der Waals surface area contributed by atoms with Gasteiger partial charge < -0.3 is 9.84 Å². The van der Waals surface area contributed by atoms with Crippen molar-refractivity contribution in [2.24, 2.45) is 5.92 Å². The Hall–Kier alpha value is -1.95. The van der Waals surface area contributed by atoms with Gasteiger partial charge in [-0.25, -0.2) is 0 Å². The summed E-state index contributed by atoms with van der Waals surface area (Å²) < 4.78 is 6.45. The lowest BCUT2D eigenvalue weighted by Gasteiger charge is -2.47. The van der Waals surface area contributed by atoms with Gasteiger partial charge in [0.15, 0.2) is 0 Å². The van der Waals surface area contributed by atoms with E-state index in [0.29, 0.717) is 24.0 Å². The van der Waals surface area contributed by atoms with Gasteiger partial charge in [0, 0.05) is 23.8 Å². The molecule has 146 valence electrons. The first-order chi connectivity index (χ1) is 12.7. The molecule has 27 heavy (non-hydrogen) atoms. The van der Waals surface area contributed by atoms with Crippen LogP contribution in [0.15, 0.2) is 23.8 Å². The van der Waals surface area contributed by atoms with E-state index in [-0.39, 0.29) is 11.0 Å². The van der Waals surface area contributed by atoms with Gasteiger partial charge in [-0.05, 0) is 69.6 Å². The van der Waals surface area contributed by atoms with E-state index in [1.165, 1.54) is 5.57 Å². The number of nitrogens with zero attached hydrogens (tertiary/aromatic N) is 1. The fourth-order valence-electron chi connectivity index (χ4n) is 4.87. The van der Waals surface area contributed by atoms with E-state index in [1.807, 2.05) is 6.07 Å². The van der Waals surface area contributed by atoms with Gasteiger partial charge in [-0.15, -0.1) is 0 Å². The zero-order valence-electron chi connectivity index (χ0n) is 17.4. The lowest BCUT2D eigenvalue weighted by molar-refractivity contribution is 0.00741. The number of hydrogen-bond donors (Lipinski definition) is 1. The van der Waals surface area contributed by atoms with E-state index in [1.54, 1.807) is 0 Å². The Bertz CT molecular complexity index is 782. The molecule has 2 unspecified atom stereocenters. The van der Waals surface area contributed by atoms with Gasteiger partial charge in [0.1, 0.15) is 17.1 Å². The third kappa shape index (κ3) is 3.86. The van der Waals surface area contributed by atoms with Crippen LogP contribution in [0.4, 0.5) is 0 Å². The van der Waals surface area contributed by atoms with Crippen LogP contribution in [0.5, 0.6) is 11.5 Å². The highest BCUT2D eigenvalue weighted by Gasteiger charge is 2.46. The summed E-state index contributed by atoms with van der Waals surface area (Å²) >= 11 is 0. The van der Waals surface area contributed by atoms with Crippen LogP contribution in [-0.4, -0.2) is 10.7 Å². The van der Waals surface area contributed by atoms with Crippen LogP contribution in [0.2, 0.25) is 0 Å². The van der Waals surface area contributed by atoms with E-state index in [9.17, 15) is 5.11 Å². The molecule has 1 aromatic rings. The summed E-state index contributed by atoms with van der Waals surface area (Å²) in [4.78, 5) is 0. The first kappa shape index (κ1) is 19.8. The van der Waals surface area contributed by atoms with Crippen molar-refractivity contribution in [3.8, 4) is 17.6 Å². The average molecular weight is 368 g/mol. The van der Waals surface area contributed by atoms with Crippen molar-refractivity contribution < 1.29 is 9.84 Å². The molecule has 1 aliphatic heterocycles. The Kier molecular flexibility index (Phi) is 5.30. The molecule has 1 N–H and O–H groups in total. The maximum absolute atomic E-state index is 11.0. The Morgan fingerprint density at radius 3 is 2.74 bits per heavy atom. The molecule has 0 saturated heterocycles. The van der Waals surface area contributed by atoms with Crippen LogP contribution < -0.4 is 4.74 Å². The van der Waals surface area contributed by atoms with Crippen molar-refractivity contribution in [2.75, 3.05) is 0 Å². The second kappa shape index (κ2) is 7.23. The molecular weight excluding hydrogens is 334 g/mol. The third-order valence-electron chi connectivity index (χ3n) is 6.63. The van der Waals surface area contributed by atoms with Gasteiger partial charge in [-0.3, -0.25) is 0 Å². The number of benzene rings is 1. The summed E-state index contributed by atoms with van der Waals surface area (Å²) in [5, 5.41) is 19.7. The van der Waals surface area contributed by atoms with Crippen LogP contribution in [0.1, 0.15) is 90.2 Å². The first-order valence-electron chi connectivity index (χ1n) is 10.2. The summed E-state index contributed by atoms with van der Waals surface area (Å²) in [5.74, 6) is 1.95. The number of fused-ring (bicyclic) bond motifs is 3. The smallest absolute Gasteiger partial charge is 0.127 e. The van der Waals surface area contributed by atoms with Gasteiger partial charge in [0.05, 0.1) is 6.07 Å². The molecule has 0 fully saturated rings. The van der Waals surface area contributed by atoms with Crippen molar-refractivity contribution in [2.45, 2.75) is 90.1 Å². The highest BCUT2D eigenvalue weighted by molar-refractivity contribution is 5.54. The molecule has 3 rings (SSSR count). The SMILES string of the molecule is CC1=CCC2C(C1)c1c(O)cc(C(C)(C)CCCCC#N)cc1OC2(C)C. The summed E-state index contributed by atoms with van der Waals surface area (Å²) in [7, 11) is 0. The fourth-order valence-corrected chi connectivity index (χ4v) is 4.87. The number of unbranched alkanes of at least 4 members (excludes halogenated alkanes) is 2. The predicted molar refractivity (Wildman–Crippen MR) is 109 cm³/mol. The number of ether oxygens (including phenoxy) is 1. The number of phenolic OH excluding ortho intramolecular Hbond substituents is 1.